The van der Waals surface area contributed by atoms with E-state index in [1.165, 1.54) is 0 Å². The molecule has 1 atom stereocenters. The number of hydrogen-bond acceptors (Lipinski definition) is 6. The van der Waals surface area contributed by atoms with Crippen LogP contribution in [-0.2, 0) is 14.3 Å². The zero-order chi connectivity index (χ0) is 20.6. The summed E-state index contributed by atoms with van der Waals surface area (Å²) in [4.78, 5) is 27.7. The Hall–Kier alpha value is -2.91. The van der Waals surface area contributed by atoms with E-state index in [1.807, 2.05) is 31.2 Å². The number of aryl methyl sites for hydroxylation is 1. The minimum absolute atomic E-state index is 0.133. The fourth-order valence-electron chi connectivity index (χ4n) is 3.16. The molecule has 0 spiro atoms. The molecule has 2 amide bonds. The van der Waals surface area contributed by atoms with Crippen molar-refractivity contribution in [2.24, 2.45) is 0 Å². The molecular weight excluding hydrogens is 374 g/mol. The Morgan fingerprint density at radius 2 is 1.76 bits per heavy atom. The molecule has 9 nitrogen and oxygen atoms in total. The molecule has 29 heavy (non-hydrogen) atoms. The van der Waals surface area contributed by atoms with Gasteiger partial charge in [-0.1, -0.05) is 5.16 Å². The molecule has 1 aromatic heterocycles. The van der Waals surface area contributed by atoms with Gasteiger partial charge >= 0.3 is 0 Å². The van der Waals surface area contributed by atoms with Crippen LogP contribution >= 0.6 is 0 Å². The number of nitrogens with one attached hydrogen (secondary N) is 3. The normalized spacial score (nSPS) is 15.0. The lowest BCUT2D eigenvalue weighted by Crippen LogP contribution is -3.13. The first-order chi connectivity index (χ1) is 14.0. The smallest absolute Gasteiger partial charge is 0.280 e. The second-order valence-corrected chi connectivity index (χ2v) is 7.02. The van der Waals surface area contributed by atoms with Crippen LogP contribution in [0.2, 0.25) is 0 Å². The molecule has 1 fully saturated rings. The first kappa shape index (κ1) is 20.8. The molecule has 3 N–H and O–H groups in total. The van der Waals surface area contributed by atoms with E-state index < -0.39 is 0 Å². The fourth-order valence-corrected chi connectivity index (χ4v) is 3.16. The quantitative estimate of drug-likeness (QED) is 0.587. The van der Waals surface area contributed by atoms with E-state index in [0.717, 1.165) is 42.6 Å². The summed E-state index contributed by atoms with van der Waals surface area (Å²) in [6.07, 6.45) is 0. The van der Waals surface area contributed by atoms with E-state index in [9.17, 15) is 9.59 Å². The largest absolute Gasteiger partial charge is 0.378 e. The first-order valence-electron chi connectivity index (χ1n) is 9.83. The number of likely N-dealkylation sites (N-methyl/N-ethyl adjacent to an activating group) is 1. The molecule has 1 aliphatic heterocycles. The lowest BCUT2D eigenvalue weighted by Gasteiger charge is -2.28. The standard InChI is InChI=1S/C20H27N5O4/c1-3-24(14-20(27)22-18-12-15(2)29-23-18)13-19(26)21-16-4-6-17(7-5-16)25-8-10-28-11-9-25/h4-7,12H,3,8-11,13-14H2,1-2H3,(H,21,26)(H,22,23,27)/p+1. The van der Waals surface area contributed by atoms with Gasteiger partial charge in [0.05, 0.1) is 19.8 Å². The molecule has 0 bridgehead atoms. The SMILES string of the molecule is CC[NH+](CC(=O)Nc1ccc(N2CCOCC2)cc1)CC(=O)Nc1cc(C)on1. The van der Waals surface area contributed by atoms with Crippen molar-refractivity contribution in [2.75, 3.05) is 61.5 Å². The van der Waals surface area contributed by atoms with Gasteiger partial charge in [-0.05, 0) is 38.1 Å². The minimum Gasteiger partial charge on any atom is -0.378 e. The van der Waals surface area contributed by atoms with Crippen molar-refractivity contribution in [1.29, 1.82) is 0 Å². The maximum Gasteiger partial charge on any atom is 0.280 e. The molecular formula is C20H28N5O4+. The minimum atomic E-state index is -0.210. The van der Waals surface area contributed by atoms with Gasteiger partial charge in [0.15, 0.2) is 18.9 Å². The summed E-state index contributed by atoms with van der Waals surface area (Å²) < 4.78 is 10.3. The lowest BCUT2D eigenvalue weighted by atomic mass is 10.2. The van der Waals surface area contributed by atoms with E-state index in [0.29, 0.717) is 18.1 Å². The number of benzene rings is 1. The van der Waals surface area contributed by atoms with E-state index in [4.69, 9.17) is 9.26 Å². The van der Waals surface area contributed by atoms with E-state index in [2.05, 4.69) is 20.7 Å². The van der Waals surface area contributed by atoms with Crippen LogP contribution in [0.15, 0.2) is 34.9 Å². The summed E-state index contributed by atoms with van der Waals surface area (Å²) in [5.74, 6) is 0.663. The average molecular weight is 402 g/mol. The van der Waals surface area contributed by atoms with Crippen LogP contribution in [0.1, 0.15) is 12.7 Å². The van der Waals surface area contributed by atoms with Gasteiger partial charge in [-0.2, -0.15) is 0 Å². The zero-order valence-corrected chi connectivity index (χ0v) is 16.9. The molecule has 1 saturated heterocycles. The number of aromatic nitrogens is 1. The van der Waals surface area contributed by atoms with Crippen LogP contribution in [-0.4, -0.2) is 62.9 Å². The van der Waals surface area contributed by atoms with Gasteiger partial charge in [-0.25, -0.2) is 0 Å². The third kappa shape index (κ3) is 6.30. The molecule has 1 aliphatic rings. The van der Waals surface area contributed by atoms with Crippen molar-refractivity contribution < 1.29 is 23.7 Å². The average Bonchev–Trinajstić information content (AvgIpc) is 3.13. The summed E-state index contributed by atoms with van der Waals surface area (Å²) in [6.45, 7) is 7.92. The first-order valence-corrected chi connectivity index (χ1v) is 9.83. The van der Waals surface area contributed by atoms with Gasteiger partial charge in [0.1, 0.15) is 5.76 Å². The Kier molecular flexibility index (Phi) is 7.20. The van der Waals surface area contributed by atoms with Crippen molar-refractivity contribution in [3.8, 4) is 0 Å². The molecule has 9 heteroatoms. The number of amides is 2. The van der Waals surface area contributed by atoms with Crippen LogP contribution in [0, 0.1) is 6.92 Å². The highest BCUT2D eigenvalue weighted by Gasteiger charge is 2.18. The molecule has 1 aromatic carbocycles. The van der Waals surface area contributed by atoms with E-state index in [-0.39, 0.29) is 24.9 Å². The fraction of sp³-hybridized carbons (Fsp3) is 0.450. The number of morpholine rings is 1. The third-order valence-corrected chi connectivity index (χ3v) is 4.74. The maximum absolute atomic E-state index is 12.4. The number of ether oxygens (including phenoxy) is 1. The molecule has 0 saturated carbocycles. The van der Waals surface area contributed by atoms with Gasteiger partial charge in [0.2, 0.25) is 0 Å². The molecule has 2 heterocycles. The topological polar surface area (TPSA) is 101 Å². The molecule has 3 rings (SSSR count). The summed E-state index contributed by atoms with van der Waals surface area (Å²) in [6, 6.07) is 9.44. The van der Waals surface area contributed by atoms with E-state index in [1.54, 1.807) is 13.0 Å². The van der Waals surface area contributed by atoms with Crippen molar-refractivity contribution >= 4 is 29.0 Å². The van der Waals surface area contributed by atoms with Gasteiger partial charge < -0.3 is 29.7 Å². The third-order valence-electron chi connectivity index (χ3n) is 4.74. The number of anilines is 3. The Balaban J connectivity index is 1.47. The zero-order valence-electron chi connectivity index (χ0n) is 16.9. The highest BCUT2D eigenvalue weighted by molar-refractivity contribution is 5.92. The van der Waals surface area contributed by atoms with Gasteiger partial charge in [0, 0.05) is 30.5 Å². The van der Waals surface area contributed by atoms with Gasteiger partial charge in [0.25, 0.3) is 11.8 Å². The van der Waals surface area contributed by atoms with Crippen molar-refractivity contribution in [3.05, 3.63) is 36.1 Å². The predicted octanol–water partition coefficient (Wildman–Crippen LogP) is 0.302. The van der Waals surface area contributed by atoms with Crippen LogP contribution in [0.5, 0.6) is 0 Å². The monoisotopic (exact) mass is 402 g/mol. The van der Waals surface area contributed by atoms with Gasteiger partial charge in [-0.3, -0.25) is 9.59 Å². The predicted molar refractivity (Wildman–Crippen MR) is 109 cm³/mol. The second-order valence-electron chi connectivity index (χ2n) is 7.02. The van der Waals surface area contributed by atoms with Crippen molar-refractivity contribution in [3.63, 3.8) is 0 Å². The Bertz CT molecular complexity index is 815. The second kappa shape index (κ2) is 10.0. The Morgan fingerprint density at radius 3 is 2.34 bits per heavy atom. The Morgan fingerprint density at radius 1 is 1.10 bits per heavy atom. The highest BCUT2D eigenvalue weighted by atomic mass is 16.5. The van der Waals surface area contributed by atoms with Crippen molar-refractivity contribution in [1.82, 2.24) is 5.16 Å². The molecule has 1 unspecified atom stereocenters. The summed E-state index contributed by atoms with van der Waals surface area (Å²) in [5.41, 5.74) is 1.86. The molecule has 2 aromatic rings. The number of carbonyl (C=O) groups is 2. The van der Waals surface area contributed by atoms with Crippen LogP contribution in [0.4, 0.5) is 17.2 Å². The number of carbonyl (C=O) groups excluding carboxylic acids is 2. The summed E-state index contributed by atoms with van der Waals surface area (Å²) >= 11 is 0. The van der Waals surface area contributed by atoms with Gasteiger partial charge in [-0.15, -0.1) is 0 Å². The van der Waals surface area contributed by atoms with Crippen LogP contribution in [0.3, 0.4) is 0 Å². The Labute approximate surface area is 170 Å². The highest BCUT2D eigenvalue weighted by Crippen LogP contribution is 2.18. The number of rotatable bonds is 8. The molecule has 0 radical (unpaired) electrons. The number of hydrogen-bond donors (Lipinski definition) is 3. The summed E-state index contributed by atoms with van der Waals surface area (Å²) in [7, 11) is 0. The summed E-state index contributed by atoms with van der Waals surface area (Å²) in [5, 5.41) is 9.32. The maximum atomic E-state index is 12.4. The molecule has 0 aliphatic carbocycles. The van der Waals surface area contributed by atoms with E-state index >= 15 is 0 Å². The number of nitrogens with zero attached hydrogens (tertiary/aromatic N) is 2. The van der Waals surface area contributed by atoms with Crippen LogP contribution < -0.4 is 20.4 Å². The lowest BCUT2D eigenvalue weighted by molar-refractivity contribution is -0.881. The molecule has 156 valence electrons. The van der Waals surface area contributed by atoms with Crippen molar-refractivity contribution in [2.45, 2.75) is 13.8 Å². The van der Waals surface area contributed by atoms with Crippen LogP contribution in [0.25, 0.3) is 0 Å². The number of quaternary nitrogens is 1.